The van der Waals surface area contributed by atoms with Crippen LogP contribution in [-0.4, -0.2) is 27.2 Å². The first-order valence-corrected chi connectivity index (χ1v) is 7.16. The molecular weight excluding hydrogens is 268 g/mol. The molecule has 3 rings (SSSR count). The molecule has 1 saturated heterocycles. The van der Waals surface area contributed by atoms with Crippen molar-refractivity contribution in [2.45, 2.75) is 25.5 Å². The molecule has 0 unspecified atom stereocenters. The van der Waals surface area contributed by atoms with E-state index in [0.717, 1.165) is 12.0 Å². The molecule has 0 aliphatic carbocycles. The Bertz CT molecular complexity index is 609. The second kappa shape index (κ2) is 6.10. The number of carbonyl (C=O) groups is 1. The molecular formula is C16H18N2O3. The minimum Gasteiger partial charge on any atom is -0.465 e. The molecule has 1 fully saturated rings. The first-order valence-electron chi connectivity index (χ1n) is 7.16. The van der Waals surface area contributed by atoms with Crippen LogP contribution in [0.4, 0.5) is 0 Å². The minimum atomic E-state index is -0.753. The quantitative estimate of drug-likeness (QED) is 0.853. The summed E-state index contributed by atoms with van der Waals surface area (Å²) in [6.45, 7) is 1.17. The predicted octanol–water partition coefficient (Wildman–Crippen LogP) is 1.92. The van der Waals surface area contributed by atoms with Crippen LogP contribution in [0.2, 0.25) is 0 Å². The van der Waals surface area contributed by atoms with Crippen LogP contribution in [-0.2, 0) is 16.1 Å². The van der Waals surface area contributed by atoms with E-state index >= 15 is 0 Å². The molecule has 0 spiro atoms. The maximum atomic E-state index is 11.5. The maximum Gasteiger partial charge on any atom is 0.309 e. The van der Waals surface area contributed by atoms with Crippen LogP contribution in [0.15, 0.2) is 42.7 Å². The van der Waals surface area contributed by atoms with Gasteiger partial charge in [-0.25, -0.2) is 4.98 Å². The number of aliphatic hydroxyl groups is 1. The van der Waals surface area contributed by atoms with Crippen molar-refractivity contribution in [1.82, 2.24) is 9.55 Å². The van der Waals surface area contributed by atoms with Gasteiger partial charge in [-0.3, -0.25) is 4.79 Å². The molecule has 2 aromatic rings. The zero-order valence-electron chi connectivity index (χ0n) is 11.7. The van der Waals surface area contributed by atoms with Gasteiger partial charge in [0.25, 0.3) is 0 Å². The number of nitrogens with zero attached hydrogens (tertiary/aromatic N) is 2. The molecule has 1 aliphatic heterocycles. The highest BCUT2D eigenvalue weighted by atomic mass is 16.5. The number of aryl methyl sites for hydroxylation is 1. The maximum absolute atomic E-state index is 11.5. The molecule has 0 bridgehead atoms. The van der Waals surface area contributed by atoms with Gasteiger partial charge in [0.05, 0.1) is 12.5 Å². The van der Waals surface area contributed by atoms with Crippen LogP contribution >= 0.6 is 0 Å². The van der Waals surface area contributed by atoms with E-state index in [0.29, 0.717) is 25.4 Å². The summed E-state index contributed by atoms with van der Waals surface area (Å²) < 4.78 is 6.88. The summed E-state index contributed by atoms with van der Waals surface area (Å²) in [5.74, 6) is 0.460. The fraction of sp³-hybridized carbons (Fsp3) is 0.375. The average molecular weight is 286 g/mol. The Morgan fingerprint density at radius 1 is 1.38 bits per heavy atom. The van der Waals surface area contributed by atoms with Crippen molar-refractivity contribution in [1.29, 1.82) is 0 Å². The average Bonchev–Trinajstić information content (AvgIpc) is 3.14. The number of cyclic esters (lactones) is 1. The lowest BCUT2D eigenvalue weighted by Crippen LogP contribution is -2.14. The highest BCUT2D eigenvalue weighted by Gasteiger charge is 2.26. The lowest BCUT2D eigenvalue weighted by Gasteiger charge is -2.14. The second-order valence-electron chi connectivity index (χ2n) is 5.23. The Morgan fingerprint density at radius 3 is 2.90 bits per heavy atom. The topological polar surface area (TPSA) is 64.4 Å². The van der Waals surface area contributed by atoms with E-state index in [1.807, 2.05) is 41.1 Å². The highest BCUT2D eigenvalue weighted by molar-refractivity contribution is 5.73. The summed E-state index contributed by atoms with van der Waals surface area (Å²) in [6.07, 6.45) is 4.25. The molecule has 2 heterocycles. The molecule has 5 heteroatoms. The largest absolute Gasteiger partial charge is 0.465 e. The monoisotopic (exact) mass is 286 g/mol. The van der Waals surface area contributed by atoms with E-state index < -0.39 is 6.10 Å². The Morgan fingerprint density at radius 2 is 2.19 bits per heavy atom. The van der Waals surface area contributed by atoms with Gasteiger partial charge in [0.15, 0.2) is 0 Å². The van der Waals surface area contributed by atoms with Crippen molar-refractivity contribution >= 4 is 5.97 Å². The van der Waals surface area contributed by atoms with E-state index in [9.17, 15) is 9.90 Å². The molecule has 1 aromatic heterocycles. The molecule has 1 aliphatic rings. The Balaban J connectivity index is 1.70. The van der Waals surface area contributed by atoms with Gasteiger partial charge in [0.1, 0.15) is 11.9 Å². The fourth-order valence-corrected chi connectivity index (χ4v) is 2.64. The van der Waals surface area contributed by atoms with E-state index in [1.165, 1.54) is 0 Å². The standard InChI is InChI=1S/C16H18N2O3/c19-14(12-4-2-1-3-5-12)15-17-8-10-18(15)9-6-13-7-11-21-16(13)20/h1-5,8,10,13-14,19H,6-7,9,11H2/t13-,14+/m1/s1. The van der Waals surface area contributed by atoms with Gasteiger partial charge in [-0.2, -0.15) is 0 Å². The predicted molar refractivity (Wildman–Crippen MR) is 76.4 cm³/mol. The van der Waals surface area contributed by atoms with Crippen molar-refractivity contribution in [3.8, 4) is 0 Å². The number of imidazole rings is 1. The van der Waals surface area contributed by atoms with Gasteiger partial charge in [0.2, 0.25) is 0 Å². The first-order chi connectivity index (χ1) is 10.3. The van der Waals surface area contributed by atoms with Crippen molar-refractivity contribution in [2.24, 2.45) is 5.92 Å². The minimum absolute atomic E-state index is 0.0332. The van der Waals surface area contributed by atoms with Crippen LogP contribution < -0.4 is 0 Å². The first kappa shape index (κ1) is 13.8. The lowest BCUT2D eigenvalue weighted by molar-refractivity contribution is -0.141. The number of aromatic nitrogens is 2. The fourth-order valence-electron chi connectivity index (χ4n) is 2.64. The van der Waals surface area contributed by atoms with Crippen molar-refractivity contribution in [3.05, 3.63) is 54.1 Å². The number of aliphatic hydroxyl groups excluding tert-OH is 1. The molecule has 0 amide bonds. The number of esters is 1. The van der Waals surface area contributed by atoms with E-state index in [-0.39, 0.29) is 11.9 Å². The summed E-state index contributed by atoms with van der Waals surface area (Å²) >= 11 is 0. The van der Waals surface area contributed by atoms with Crippen LogP contribution in [0, 0.1) is 5.92 Å². The van der Waals surface area contributed by atoms with Crippen LogP contribution in [0.3, 0.4) is 0 Å². The zero-order valence-corrected chi connectivity index (χ0v) is 11.7. The SMILES string of the molecule is O=C1OCC[C@H]1CCn1ccnc1[C@@H](O)c1ccccc1. The Kier molecular flexibility index (Phi) is 4.01. The highest BCUT2D eigenvalue weighted by Crippen LogP contribution is 2.23. The van der Waals surface area contributed by atoms with Gasteiger partial charge < -0.3 is 14.4 Å². The van der Waals surface area contributed by atoms with Crippen molar-refractivity contribution in [3.63, 3.8) is 0 Å². The van der Waals surface area contributed by atoms with Crippen LogP contribution in [0.25, 0.3) is 0 Å². The second-order valence-corrected chi connectivity index (χ2v) is 5.23. The Hall–Kier alpha value is -2.14. The number of carbonyl (C=O) groups excluding carboxylic acids is 1. The smallest absolute Gasteiger partial charge is 0.309 e. The number of hydrogen-bond acceptors (Lipinski definition) is 4. The summed E-state index contributed by atoms with van der Waals surface area (Å²) in [5, 5.41) is 10.4. The van der Waals surface area contributed by atoms with Crippen LogP contribution in [0.1, 0.15) is 30.3 Å². The molecule has 21 heavy (non-hydrogen) atoms. The normalized spacial score (nSPS) is 19.5. The molecule has 1 aromatic carbocycles. The Labute approximate surface area is 123 Å². The molecule has 1 N–H and O–H groups in total. The number of hydrogen-bond donors (Lipinski definition) is 1. The third-order valence-electron chi connectivity index (χ3n) is 3.87. The van der Waals surface area contributed by atoms with Gasteiger partial charge in [-0.05, 0) is 18.4 Å². The van der Waals surface area contributed by atoms with Crippen molar-refractivity contribution < 1.29 is 14.6 Å². The number of benzene rings is 1. The van der Waals surface area contributed by atoms with Gasteiger partial charge in [-0.15, -0.1) is 0 Å². The lowest BCUT2D eigenvalue weighted by atomic mass is 10.0. The number of ether oxygens (including phenoxy) is 1. The van der Waals surface area contributed by atoms with E-state index in [1.54, 1.807) is 6.20 Å². The van der Waals surface area contributed by atoms with Gasteiger partial charge in [-0.1, -0.05) is 30.3 Å². The van der Waals surface area contributed by atoms with E-state index in [2.05, 4.69) is 4.98 Å². The summed E-state index contributed by atoms with van der Waals surface area (Å²) in [4.78, 5) is 15.7. The van der Waals surface area contributed by atoms with Gasteiger partial charge in [0, 0.05) is 18.9 Å². The molecule has 0 radical (unpaired) electrons. The molecule has 2 atom stereocenters. The zero-order chi connectivity index (χ0) is 14.7. The van der Waals surface area contributed by atoms with E-state index in [4.69, 9.17) is 4.74 Å². The van der Waals surface area contributed by atoms with Gasteiger partial charge >= 0.3 is 5.97 Å². The third-order valence-corrected chi connectivity index (χ3v) is 3.87. The van der Waals surface area contributed by atoms with Crippen LogP contribution in [0.5, 0.6) is 0 Å². The third kappa shape index (κ3) is 2.97. The number of rotatable bonds is 5. The summed E-state index contributed by atoms with van der Waals surface area (Å²) in [6, 6.07) is 9.44. The van der Waals surface area contributed by atoms with Crippen molar-refractivity contribution in [2.75, 3.05) is 6.61 Å². The summed E-state index contributed by atoms with van der Waals surface area (Å²) in [5.41, 5.74) is 0.810. The molecule has 0 saturated carbocycles. The summed E-state index contributed by atoms with van der Waals surface area (Å²) in [7, 11) is 0. The molecule has 5 nitrogen and oxygen atoms in total. The molecule has 110 valence electrons.